The molecule has 0 bridgehead atoms. The molecule has 0 unspecified atom stereocenters. The Balaban J connectivity index is 1.70. The molecule has 0 aromatic heterocycles. The number of aryl methyl sites for hydroxylation is 1. The number of hydrogen-bond donors (Lipinski definition) is 2. The summed E-state index contributed by atoms with van der Waals surface area (Å²) in [5.41, 5.74) is 1.28. The van der Waals surface area contributed by atoms with E-state index in [1.54, 1.807) is 12.1 Å². The van der Waals surface area contributed by atoms with E-state index in [1.165, 1.54) is 6.54 Å². The first kappa shape index (κ1) is 23.1. The minimum absolute atomic E-state index is 0.148. The van der Waals surface area contributed by atoms with Crippen molar-refractivity contribution < 1.29 is 4.92 Å². The molecule has 1 aromatic carbocycles. The lowest BCUT2D eigenvalue weighted by Gasteiger charge is -2.34. The first-order valence-electron chi connectivity index (χ1n) is 11.0. The maximum atomic E-state index is 10.7. The van der Waals surface area contributed by atoms with Gasteiger partial charge in [0.15, 0.2) is 5.96 Å². The van der Waals surface area contributed by atoms with Gasteiger partial charge >= 0.3 is 0 Å². The second-order valence-electron chi connectivity index (χ2n) is 8.25. The van der Waals surface area contributed by atoms with Gasteiger partial charge in [-0.25, -0.2) is 0 Å². The molecular weight excluding hydrogens is 366 g/mol. The standard InChI is InChI=1S/C22H37N5O2/c1-4-23-22(25-20-12-15-26(16-13-20)17-18(2)3)24-14-6-5-7-19-8-10-21(11-9-19)27(28)29/h8-11,18,20H,4-7,12-17H2,1-3H3,(H2,23,24,25). The number of guanidine groups is 1. The lowest BCUT2D eigenvalue weighted by Crippen LogP contribution is -2.49. The summed E-state index contributed by atoms with van der Waals surface area (Å²) >= 11 is 0. The highest BCUT2D eigenvalue weighted by Crippen LogP contribution is 2.14. The van der Waals surface area contributed by atoms with Gasteiger partial charge in [-0.15, -0.1) is 0 Å². The van der Waals surface area contributed by atoms with Gasteiger partial charge in [-0.05, 0) is 50.5 Å². The number of benzene rings is 1. The lowest BCUT2D eigenvalue weighted by molar-refractivity contribution is -0.384. The van der Waals surface area contributed by atoms with Crippen LogP contribution in [-0.4, -0.2) is 54.5 Å². The van der Waals surface area contributed by atoms with Crippen molar-refractivity contribution in [1.29, 1.82) is 0 Å². The summed E-state index contributed by atoms with van der Waals surface area (Å²) in [6, 6.07) is 7.34. The summed E-state index contributed by atoms with van der Waals surface area (Å²) in [5, 5.41) is 17.7. The molecule has 2 N–H and O–H groups in total. The normalized spacial score (nSPS) is 16.2. The van der Waals surface area contributed by atoms with Crippen LogP contribution in [0.15, 0.2) is 29.3 Å². The molecule has 1 aromatic rings. The zero-order valence-electron chi connectivity index (χ0n) is 18.2. The number of hydrogen-bond acceptors (Lipinski definition) is 4. The van der Waals surface area contributed by atoms with Crippen LogP contribution in [0.4, 0.5) is 5.69 Å². The second kappa shape index (κ2) is 12.4. The van der Waals surface area contributed by atoms with E-state index in [-0.39, 0.29) is 10.6 Å². The predicted molar refractivity (Wildman–Crippen MR) is 119 cm³/mol. The zero-order valence-corrected chi connectivity index (χ0v) is 18.2. The van der Waals surface area contributed by atoms with Crippen molar-refractivity contribution in [3.8, 4) is 0 Å². The topological polar surface area (TPSA) is 82.8 Å². The average molecular weight is 404 g/mol. The van der Waals surface area contributed by atoms with Gasteiger partial charge < -0.3 is 15.5 Å². The Morgan fingerprint density at radius 3 is 2.52 bits per heavy atom. The van der Waals surface area contributed by atoms with E-state index in [0.717, 1.165) is 75.7 Å². The molecule has 0 spiro atoms. The Bertz CT molecular complexity index is 637. The van der Waals surface area contributed by atoms with Crippen molar-refractivity contribution in [2.24, 2.45) is 10.9 Å². The quantitative estimate of drug-likeness (QED) is 0.205. The van der Waals surface area contributed by atoms with Crippen LogP contribution < -0.4 is 10.6 Å². The average Bonchev–Trinajstić information content (AvgIpc) is 2.69. The van der Waals surface area contributed by atoms with Gasteiger partial charge in [-0.1, -0.05) is 26.0 Å². The Hall–Kier alpha value is -2.15. The van der Waals surface area contributed by atoms with E-state index in [2.05, 4.69) is 36.3 Å². The molecule has 7 heteroatoms. The number of nitrogens with zero attached hydrogens (tertiary/aromatic N) is 3. The molecule has 1 aliphatic rings. The van der Waals surface area contributed by atoms with Crippen molar-refractivity contribution in [3.05, 3.63) is 39.9 Å². The van der Waals surface area contributed by atoms with Crippen molar-refractivity contribution >= 4 is 11.6 Å². The van der Waals surface area contributed by atoms with E-state index in [1.807, 2.05) is 12.1 Å². The summed E-state index contributed by atoms with van der Waals surface area (Å²) in [6.45, 7) is 11.8. The number of likely N-dealkylation sites (tertiary alicyclic amines) is 1. The highest BCUT2D eigenvalue weighted by molar-refractivity contribution is 5.80. The third kappa shape index (κ3) is 8.81. The van der Waals surface area contributed by atoms with Gasteiger partial charge in [0.05, 0.1) is 4.92 Å². The monoisotopic (exact) mass is 403 g/mol. The molecule has 29 heavy (non-hydrogen) atoms. The third-order valence-electron chi connectivity index (χ3n) is 5.19. The van der Waals surface area contributed by atoms with Crippen LogP contribution >= 0.6 is 0 Å². The molecule has 0 saturated carbocycles. The lowest BCUT2D eigenvalue weighted by atomic mass is 10.0. The van der Waals surface area contributed by atoms with Crippen LogP contribution in [0.2, 0.25) is 0 Å². The zero-order chi connectivity index (χ0) is 21.1. The number of nitro groups is 1. The highest BCUT2D eigenvalue weighted by atomic mass is 16.6. The fourth-order valence-corrected chi connectivity index (χ4v) is 3.71. The Labute approximate surface area is 175 Å². The van der Waals surface area contributed by atoms with Gasteiger partial charge in [-0.2, -0.15) is 0 Å². The van der Waals surface area contributed by atoms with E-state index in [4.69, 9.17) is 4.99 Å². The number of nitrogens with one attached hydrogen (secondary N) is 2. The molecule has 162 valence electrons. The summed E-state index contributed by atoms with van der Waals surface area (Å²) < 4.78 is 0. The molecule has 2 rings (SSSR count). The smallest absolute Gasteiger partial charge is 0.269 e. The van der Waals surface area contributed by atoms with Crippen molar-refractivity contribution in [1.82, 2.24) is 15.5 Å². The Morgan fingerprint density at radius 2 is 1.93 bits per heavy atom. The van der Waals surface area contributed by atoms with E-state index >= 15 is 0 Å². The SMILES string of the molecule is CCNC(=NCCCCc1ccc([N+](=O)[O-])cc1)NC1CCN(CC(C)C)CC1. The molecule has 1 fully saturated rings. The van der Waals surface area contributed by atoms with E-state index < -0.39 is 0 Å². The van der Waals surface area contributed by atoms with Crippen LogP contribution in [0.5, 0.6) is 0 Å². The largest absolute Gasteiger partial charge is 0.357 e. The Kier molecular flexibility index (Phi) is 9.91. The van der Waals surface area contributed by atoms with Crippen LogP contribution in [0.3, 0.4) is 0 Å². The van der Waals surface area contributed by atoms with Gasteiger partial charge in [0, 0.05) is 50.9 Å². The minimum Gasteiger partial charge on any atom is -0.357 e. The number of nitro benzene ring substituents is 1. The summed E-state index contributed by atoms with van der Waals surface area (Å²) in [6.07, 6.45) is 5.27. The maximum absolute atomic E-state index is 10.7. The fraction of sp³-hybridized carbons (Fsp3) is 0.682. The molecule has 0 amide bonds. The molecule has 0 atom stereocenters. The van der Waals surface area contributed by atoms with E-state index in [0.29, 0.717) is 6.04 Å². The van der Waals surface area contributed by atoms with Crippen LogP contribution in [0.1, 0.15) is 52.0 Å². The van der Waals surface area contributed by atoms with Crippen molar-refractivity contribution in [2.45, 2.75) is 58.9 Å². The number of aliphatic imine (C=N–C) groups is 1. The first-order chi connectivity index (χ1) is 14.0. The maximum Gasteiger partial charge on any atom is 0.269 e. The number of piperidine rings is 1. The Morgan fingerprint density at radius 1 is 1.24 bits per heavy atom. The number of rotatable bonds is 10. The van der Waals surface area contributed by atoms with Crippen molar-refractivity contribution in [2.75, 3.05) is 32.7 Å². The summed E-state index contributed by atoms with van der Waals surface area (Å²) in [4.78, 5) is 17.6. The molecule has 0 aliphatic carbocycles. The van der Waals surface area contributed by atoms with Crippen LogP contribution in [0.25, 0.3) is 0 Å². The fourth-order valence-electron chi connectivity index (χ4n) is 3.71. The number of unbranched alkanes of at least 4 members (excludes halogenated alkanes) is 1. The molecule has 1 saturated heterocycles. The molecule has 1 heterocycles. The van der Waals surface area contributed by atoms with Crippen LogP contribution in [-0.2, 0) is 6.42 Å². The van der Waals surface area contributed by atoms with Gasteiger partial charge in [0.2, 0.25) is 0 Å². The minimum atomic E-state index is -0.359. The second-order valence-corrected chi connectivity index (χ2v) is 8.25. The highest BCUT2D eigenvalue weighted by Gasteiger charge is 2.20. The predicted octanol–water partition coefficient (Wildman–Crippen LogP) is 3.59. The van der Waals surface area contributed by atoms with Crippen LogP contribution in [0, 0.1) is 16.0 Å². The molecule has 1 aliphatic heterocycles. The summed E-state index contributed by atoms with van der Waals surface area (Å²) in [5.74, 6) is 1.65. The van der Waals surface area contributed by atoms with Gasteiger partial charge in [0.1, 0.15) is 0 Å². The molecule has 0 radical (unpaired) electrons. The van der Waals surface area contributed by atoms with Gasteiger partial charge in [-0.3, -0.25) is 15.1 Å². The third-order valence-corrected chi connectivity index (χ3v) is 5.19. The summed E-state index contributed by atoms with van der Waals surface area (Å²) in [7, 11) is 0. The first-order valence-corrected chi connectivity index (χ1v) is 11.0. The van der Waals surface area contributed by atoms with E-state index in [9.17, 15) is 10.1 Å². The van der Waals surface area contributed by atoms with Gasteiger partial charge in [0.25, 0.3) is 5.69 Å². The molecular formula is C22H37N5O2. The molecule has 7 nitrogen and oxygen atoms in total. The van der Waals surface area contributed by atoms with Crippen molar-refractivity contribution in [3.63, 3.8) is 0 Å². The number of non-ortho nitro benzene ring substituents is 1.